The Balaban J connectivity index is 2.16. The van der Waals surface area contributed by atoms with Gasteiger partial charge in [-0.25, -0.2) is 0 Å². The van der Waals surface area contributed by atoms with Gasteiger partial charge in [0.2, 0.25) is 0 Å². The van der Waals surface area contributed by atoms with Gasteiger partial charge in [-0.15, -0.1) is 0 Å². The lowest BCUT2D eigenvalue weighted by molar-refractivity contribution is -0.138. The third-order valence-corrected chi connectivity index (χ3v) is 4.84. The Bertz CT molecular complexity index is 552. The van der Waals surface area contributed by atoms with Gasteiger partial charge in [-0.3, -0.25) is 14.6 Å². The summed E-state index contributed by atoms with van der Waals surface area (Å²) in [6.45, 7) is 6.85. The van der Waals surface area contributed by atoms with E-state index in [1.165, 1.54) is 0 Å². The molecule has 0 aliphatic carbocycles. The van der Waals surface area contributed by atoms with Gasteiger partial charge < -0.3 is 10.0 Å². The highest BCUT2D eigenvalue weighted by Crippen LogP contribution is 2.23. The van der Waals surface area contributed by atoms with Gasteiger partial charge in [0.1, 0.15) is 5.69 Å². The van der Waals surface area contributed by atoms with Crippen LogP contribution in [0.25, 0.3) is 0 Å². The highest BCUT2D eigenvalue weighted by molar-refractivity contribution is 7.99. The molecule has 2 rings (SSSR count). The van der Waals surface area contributed by atoms with E-state index in [1.54, 1.807) is 28.9 Å². The topological polar surface area (TPSA) is 70.5 Å². The molecule has 1 aliphatic rings. The average molecular weight is 322 g/mol. The quantitative estimate of drug-likeness (QED) is 0.925. The van der Waals surface area contributed by atoms with E-state index in [4.69, 9.17) is 5.11 Å². The van der Waals surface area contributed by atoms with E-state index in [2.05, 4.69) is 25.8 Å². The molecule has 0 aromatic carbocycles. The highest BCUT2D eigenvalue weighted by atomic mass is 32.2. The number of nitrogens with zero attached hydrogens (tertiary/aromatic N) is 2. The van der Waals surface area contributed by atoms with E-state index < -0.39 is 5.97 Å². The molecule has 5 nitrogen and oxygen atoms in total. The molecule has 6 heteroatoms. The van der Waals surface area contributed by atoms with E-state index in [-0.39, 0.29) is 23.8 Å². The summed E-state index contributed by atoms with van der Waals surface area (Å²) in [5.74, 6) is 0.452. The average Bonchev–Trinajstić information content (AvgIpc) is 2.46. The Kier molecular flexibility index (Phi) is 5.11. The molecule has 1 amide bonds. The Hall–Kier alpha value is -1.56. The van der Waals surface area contributed by atoms with Crippen LogP contribution in [0.3, 0.4) is 0 Å². The van der Waals surface area contributed by atoms with Gasteiger partial charge in [0, 0.05) is 24.2 Å². The van der Waals surface area contributed by atoms with Gasteiger partial charge in [-0.1, -0.05) is 26.8 Å². The van der Waals surface area contributed by atoms with Crippen molar-refractivity contribution in [2.24, 2.45) is 0 Å². The minimum Gasteiger partial charge on any atom is -0.481 e. The number of hydrogen-bond acceptors (Lipinski definition) is 4. The summed E-state index contributed by atoms with van der Waals surface area (Å²) >= 11 is 1.69. The second-order valence-corrected chi connectivity index (χ2v) is 7.66. The van der Waals surface area contributed by atoms with Gasteiger partial charge in [-0.2, -0.15) is 11.8 Å². The summed E-state index contributed by atoms with van der Waals surface area (Å²) in [6, 6.07) is 3.40. The molecular weight excluding hydrogens is 300 g/mol. The van der Waals surface area contributed by atoms with Crippen molar-refractivity contribution in [3.8, 4) is 0 Å². The second kappa shape index (κ2) is 6.69. The van der Waals surface area contributed by atoms with Crippen molar-refractivity contribution in [2.75, 3.05) is 18.1 Å². The summed E-state index contributed by atoms with van der Waals surface area (Å²) in [6.07, 6.45) is 1.72. The molecule has 0 spiro atoms. The Labute approximate surface area is 135 Å². The van der Waals surface area contributed by atoms with Gasteiger partial charge in [0.05, 0.1) is 12.5 Å². The number of thioether (sulfide) groups is 1. The molecular formula is C16H22N2O3S. The van der Waals surface area contributed by atoms with E-state index in [9.17, 15) is 9.59 Å². The minimum absolute atomic E-state index is 0.0117. The lowest BCUT2D eigenvalue weighted by atomic mass is 9.88. The number of carboxylic acids is 1. The fourth-order valence-corrected chi connectivity index (χ4v) is 3.47. The maximum atomic E-state index is 12.6. The molecule has 2 heterocycles. The normalized spacial score (nSPS) is 19.0. The molecule has 22 heavy (non-hydrogen) atoms. The predicted molar refractivity (Wildman–Crippen MR) is 87.3 cm³/mol. The predicted octanol–water partition coefficient (Wildman–Crippen LogP) is 2.41. The van der Waals surface area contributed by atoms with Crippen LogP contribution in [0, 0.1) is 0 Å². The number of rotatable bonds is 3. The van der Waals surface area contributed by atoms with Crippen LogP contribution in [0.5, 0.6) is 0 Å². The third-order valence-electron chi connectivity index (χ3n) is 3.75. The van der Waals surface area contributed by atoms with Crippen molar-refractivity contribution in [3.05, 3.63) is 29.6 Å². The van der Waals surface area contributed by atoms with Crippen molar-refractivity contribution in [1.82, 2.24) is 9.88 Å². The molecule has 120 valence electrons. The van der Waals surface area contributed by atoms with Crippen LogP contribution in [0.2, 0.25) is 0 Å². The van der Waals surface area contributed by atoms with Crippen LogP contribution in [-0.2, 0) is 10.2 Å². The van der Waals surface area contributed by atoms with Crippen molar-refractivity contribution in [1.29, 1.82) is 0 Å². The molecule has 0 saturated carbocycles. The Morgan fingerprint density at radius 2 is 2.14 bits per heavy atom. The van der Waals surface area contributed by atoms with Crippen LogP contribution in [-0.4, -0.2) is 51.0 Å². The van der Waals surface area contributed by atoms with E-state index >= 15 is 0 Å². The fraction of sp³-hybridized carbons (Fsp3) is 0.562. The maximum Gasteiger partial charge on any atom is 0.305 e. The van der Waals surface area contributed by atoms with Crippen LogP contribution >= 0.6 is 11.8 Å². The van der Waals surface area contributed by atoms with E-state index in [0.717, 1.165) is 11.3 Å². The summed E-state index contributed by atoms with van der Waals surface area (Å²) < 4.78 is 0. The van der Waals surface area contributed by atoms with Crippen LogP contribution in [0.15, 0.2) is 18.3 Å². The number of pyridine rings is 1. The number of carbonyl (C=O) groups excluding carboxylic acids is 1. The first-order valence-corrected chi connectivity index (χ1v) is 8.51. The van der Waals surface area contributed by atoms with Crippen LogP contribution < -0.4 is 0 Å². The molecule has 1 aromatic heterocycles. The fourth-order valence-electron chi connectivity index (χ4n) is 2.40. The molecule has 1 N–H and O–H groups in total. The summed E-state index contributed by atoms with van der Waals surface area (Å²) in [7, 11) is 0. The molecule has 1 atom stereocenters. The van der Waals surface area contributed by atoms with E-state index in [0.29, 0.717) is 18.0 Å². The second-order valence-electron chi connectivity index (χ2n) is 6.51. The zero-order valence-corrected chi connectivity index (χ0v) is 14.0. The van der Waals surface area contributed by atoms with E-state index in [1.807, 2.05) is 6.07 Å². The molecule has 0 bridgehead atoms. The first kappa shape index (κ1) is 16.8. The maximum absolute atomic E-state index is 12.6. The summed E-state index contributed by atoms with van der Waals surface area (Å²) in [5.41, 5.74) is 1.44. The largest absolute Gasteiger partial charge is 0.481 e. The zero-order chi connectivity index (χ0) is 16.3. The number of aromatic nitrogens is 1. The number of aliphatic carboxylic acids is 1. The zero-order valence-electron chi connectivity index (χ0n) is 13.2. The molecule has 1 saturated heterocycles. The smallest absolute Gasteiger partial charge is 0.305 e. The number of hydrogen-bond donors (Lipinski definition) is 1. The highest BCUT2D eigenvalue weighted by Gasteiger charge is 2.30. The van der Waals surface area contributed by atoms with Gasteiger partial charge in [0.25, 0.3) is 5.91 Å². The summed E-state index contributed by atoms with van der Waals surface area (Å²) in [5, 5.41) is 9.00. The lowest BCUT2D eigenvalue weighted by Gasteiger charge is -2.34. The minimum atomic E-state index is -0.874. The number of amides is 1. The van der Waals surface area contributed by atoms with Crippen molar-refractivity contribution in [2.45, 2.75) is 38.6 Å². The van der Waals surface area contributed by atoms with Crippen molar-refractivity contribution in [3.63, 3.8) is 0 Å². The molecule has 1 fully saturated rings. The molecule has 0 radical (unpaired) electrons. The molecule has 1 aromatic rings. The van der Waals surface area contributed by atoms with Crippen LogP contribution in [0.1, 0.15) is 43.2 Å². The third kappa shape index (κ3) is 4.00. The monoisotopic (exact) mass is 322 g/mol. The van der Waals surface area contributed by atoms with Gasteiger partial charge in [-0.05, 0) is 17.0 Å². The van der Waals surface area contributed by atoms with Gasteiger partial charge in [0.15, 0.2) is 0 Å². The van der Waals surface area contributed by atoms with Crippen molar-refractivity contribution < 1.29 is 14.7 Å². The Morgan fingerprint density at radius 1 is 1.41 bits per heavy atom. The number of carboxylic acid groups (broad SMARTS) is 1. The SMILES string of the molecule is CC(C)(C)c1ccc(C(=O)N2CCSCC2CC(=O)O)nc1. The van der Waals surface area contributed by atoms with Gasteiger partial charge >= 0.3 is 5.97 Å². The lowest BCUT2D eigenvalue weighted by Crippen LogP contribution is -2.47. The van der Waals surface area contributed by atoms with Crippen molar-refractivity contribution >= 4 is 23.6 Å². The Morgan fingerprint density at radius 3 is 2.68 bits per heavy atom. The van der Waals surface area contributed by atoms with Crippen LogP contribution in [0.4, 0.5) is 0 Å². The first-order chi connectivity index (χ1) is 10.3. The summed E-state index contributed by atoms with van der Waals surface area (Å²) in [4.78, 5) is 29.5. The standard InChI is InChI=1S/C16H22N2O3S/c1-16(2,3)11-4-5-13(17-9-11)15(21)18-6-7-22-10-12(18)8-14(19)20/h4-5,9,12H,6-8,10H2,1-3H3,(H,19,20). The molecule has 1 unspecified atom stereocenters. The molecule has 1 aliphatic heterocycles. The first-order valence-electron chi connectivity index (χ1n) is 7.36. The number of carbonyl (C=O) groups is 2.